The van der Waals surface area contributed by atoms with Crippen molar-refractivity contribution in [2.45, 2.75) is 29.2 Å². The number of hydrogen-bond acceptors (Lipinski definition) is 8. The third kappa shape index (κ3) is 6.19. The van der Waals surface area contributed by atoms with E-state index in [4.69, 9.17) is 9.72 Å². The van der Waals surface area contributed by atoms with Gasteiger partial charge in [-0.15, -0.1) is 11.8 Å². The Morgan fingerprint density at radius 3 is 2.63 bits per heavy atom. The summed E-state index contributed by atoms with van der Waals surface area (Å²) >= 11 is 3.10. The predicted octanol–water partition coefficient (Wildman–Crippen LogP) is 5.21. The minimum absolute atomic E-state index is 0.0850. The number of nitrogens with zero attached hydrogens (tertiary/aromatic N) is 3. The fourth-order valence-corrected chi connectivity index (χ4v) is 6.37. The number of amides is 1. The highest BCUT2D eigenvalue weighted by molar-refractivity contribution is 7.98. The van der Waals surface area contributed by atoms with Crippen molar-refractivity contribution in [1.82, 2.24) is 9.97 Å². The second-order valence-corrected chi connectivity index (χ2v) is 11.8. The monoisotopic (exact) mass is 527 g/mol. The van der Waals surface area contributed by atoms with Gasteiger partial charge in [-0.1, -0.05) is 17.4 Å². The smallest absolute Gasteiger partial charge is 0.229 e. The molecule has 4 aromatic rings. The van der Waals surface area contributed by atoms with Crippen molar-refractivity contribution >= 4 is 54.2 Å². The number of hydrogen-bond donors (Lipinski definition) is 0. The number of anilines is 1. The van der Waals surface area contributed by atoms with Gasteiger partial charge in [-0.2, -0.15) is 0 Å². The first-order valence-electron chi connectivity index (χ1n) is 10.9. The van der Waals surface area contributed by atoms with Gasteiger partial charge in [-0.25, -0.2) is 13.4 Å². The van der Waals surface area contributed by atoms with Crippen LogP contribution in [0, 0.1) is 0 Å². The quantitative estimate of drug-likeness (QED) is 0.262. The van der Waals surface area contributed by atoms with E-state index in [1.165, 1.54) is 30.6 Å². The molecule has 2 aromatic heterocycles. The number of sulfone groups is 1. The molecule has 7 nitrogen and oxygen atoms in total. The summed E-state index contributed by atoms with van der Waals surface area (Å²) in [5, 5.41) is 0.588. The van der Waals surface area contributed by atoms with Crippen LogP contribution >= 0.6 is 23.1 Å². The third-order valence-corrected chi connectivity index (χ3v) is 8.99. The molecule has 0 unspecified atom stereocenters. The van der Waals surface area contributed by atoms with E-state index in [0.717, 1.165) is 20.7 Å². The first-order chi connectivity index (χ1) is 16.9. The van der Waals surface area contributed by atoms with Crippen LogP contribution in [0.4, 0.5) is 5.13 Å². The van der Waals surface area contributed by atoms with Gasteiger partial charge in [0.05, 0.1) is 34.5 Å². The zero-order valence-corrected chi connectivity index (χ0v) is 21.8. The highest BCUT2D eigenvalue weighted by atomic mass is 32.2. The van der Waals surface area contributed by atoms with Crippen LogP contribution in [0.3, 0.4) is 0 Å². The van der Waals surface area contributed by atoms with Gasteiger partial charge in [0, 0.05) is 23.7 Å². The summed E-state index contributed by atoms with van der Waals surface area (Å²) in [5.74, 6) is 0.288. The van der Waals surface area contributed by atoms with Gasteiger partial charge < -0.3 is 4.74 Å². The number of carbonyl (C=O) groups is 1. The average Bonchev–Trinajstić information content (AvgIpc) is 3.30. The molecular weight excluding hydrogens is 502 g/mol. The molecular formula is C25H25N3O4S3. The third-order valence-electron chi connectivity index (χ3n) is 5.40. The topological polar surface area (TPSA) is 89.5 Å². The fourth-order valence-electron chi connectivity index (χ4n) is 3.52. The Bertz CT molecular complexity index is 1410. The van der Waals surface area contributed by atoms with Crippen molar-refractivity contribution in [2.24, 2.45) is 0 Å². The largest absolute Gasteiger partial charge is 0.497 e. The fraction of sp³-hybridized carbons (Fsp3) is 0.240. The van der Waals surface area contributed by atoms with Crippen molar-refractivity contribution in [3.63, 3.8) is 0 Å². The lowest BCUT2D eigenvalue weighted by molar-refractivity contribution is -0.118. The van der Waals surface area contributed by atoms with Crippen molar-refractivity contribution < 1.29 is 17.9 Å². The molecule has 0 atom stereocenters. The van der Waals surface area contributed by atoms with Crippen molar-refractivity contribution in [2.75, 3.05) is 24.0 Å². The zero-order chi connectivity index (χ0) is 24.8. The number of methoxy groups -OCH3 is 1. The molecule has 182 valence electrons. The normalized spacial score (nSPS) is 11.5. The number of fused-ring (bicyclic) bond motifs is 1. The van der Waals surface area contributed by atoms with Crippen LogP contribution in [-0.4, -0.2) is 43.4 Å². The van der Waals surface area contributed by atoms with E-state index >= 15 is 0 Å². The number of ether oxygens (including phenoxy) is 1. The maximum Gasteiger partial charge on any atom is 0.229 e. The molecule has 0 aliphatic carbocycles. The average molecular weight is 528 g/mol. The minimum atomic E-state index is -3.51. The summed E-state index contributed by atoms with van der Waals surface area (Å²) in [6.07, 6.45) is 5.70. The van der Waals surface area contributed by atoms with Gasteiger partial charge in [0.2, 0.25) is 5.91 Å². The van der Waals surface area contributed by atoms with E-state index in [1.54, 1.807) is 41.2 Å². The van der Waals surface area contributed by atoms with Gasteiger partial charge in [0.15, 0.2) is 15.0 Å². The highest BCUT2D eigenvalue weighted by Crippen LogP contribution is 2.33. The highest BCUT2D eigenvalue weighted by Gasteiger charge is 2.22. The van der Waals surface area contributed by atoms with Gasteiger partial charge in [-0.05, 0) is 66.8 Å². The number of thiazole rings is 1. The van der Waals surface area contributed by atoms with Crippen LogP contribution < -0.4 is 9.64 Å². The number of aromatic nitrogens is 2. The second-order valence-electron chi connectivity index (χ2n) is 7.77. The van der Waals surface area contributed by atoms with E-state index in [2.05, 4.69) is 11.1 Å². The van der Waals surface area contributed by atoms with Gasteiger partial charge >= 0.3 is 0 Å². The first-order valence-corrected chi connectivity index (χ1v) is 14.6. The predicted molar refractivity (Wildman–Crippen MR) is 141 cm³/mol. The number of thioether (sulfide) groups is 1. The molecule has 0 aliphatic heterocycles. The van der Waals surface area contributed by atoms with Crippen LogP contribution in [0.15, 0.2) is 76.8 Å². The lowest BCUT2D eigenvalue weighted by atomic mass is 10.2. The van der Waals surface area contributed by atoms with Crippen molar-refractivity contribution in [1.29, 1.82) is 0 Å². The standard InChI is InChI=1S/C25H25N3O4S3/c1-32-19-7-10-21(11-8-19)35(30,31)14-4-6-24(29)28(17-18-5-3-13-26-16-18)25-27-22-12-9-20(33-2)15-23(22)34-25/h3,5,7-13,15-16H,4,6,14,17H2,1-2H3. The number of pyridine rings is 1. The van der Waals surface area contributed by atoms with Crippen LogP contribution in [0.2, 0.25) is 0 Å². The van der Waals surface area contributed by atoms with E-state index in [1.807, 2.05) is 30.5 Å². The van der Waals surface area contributed by atoms with Crippen LogP contribution in [0.25, 0.3) is 10.2 Å². The zero-order valence-electron chi connectivity index (χ0n) is 19.4. The number of rotatable bonds is 10. The molecule has 0 saturated carbocycles. The van der Waals surface area contributed by atoms with Gasteiger partial charge in [0.25, 0.3) is 0 Å². The van der Waals surface area contributed by atoms with E-state index in [9.17, 15) is 13.2 Å². The molecule has 35 heavy (non-hydrogen) atoms. The minimum Gasteiger partial charge on any atom is -0.497 e. The molecule has 0 saturated heterocycles. The summed E-state index contributed by atoms with van der Waals surface area (Å²) in [7, 11) is -1.98. The lowest BCUT2D eigenvalue weighted by Crippen LogP contribution is -2.30. The maximum atomic E-state index is 13.3. The SMILES string of the molecule is COc1ccc(S(=O)(=O)CCCC(=O)N(Cc2cccnc2)c2nc3ccc(SC)cc3s2)cc1. The molecule has 0 N–H and O–H groups in total. The molecule has 0 spiro atoms. The molecule has 0 fully saturated rings. The number of benzene rings is 2. The van der Waals surface area contributed by atoms with Crippen LogP contribution in [0.5, 0.6) is 5.75 Å². The number of carbonyl (C=O) groups excluding carboxylic acids is 1. The van der Waals surface area contributed by atoms with E-state index < -0.39 is 9.84 Å². The van der Waals surface area contributed by atoms with E-state index in [-0.39, 0.29) is 29.4 Å². The Labute approximate surface area is 213 Å². The molecule has 10 heteroatoms. The van der Waals surface area contributed by atoms with Gasteiger partial charge in [-0.3, -0.25) is 14.7 Å². The molecule has 2 aromatic carbocycles. The maximum absolute atomic E-state index is 13.3. The lowest BCUT2D eigenvalue weighted by Gasteiger charge is -2.20. The Balaban J connectivity index is 1.51. The Morgan fingerprint density at radius 1 is 1.14 bits per heavy atom. The Morgan fingerprint density at radius 2 is 1.94 bits per heavy atom. The summed E-state index contributed by atoms with van der Waals surface area (Å²) in [5.41, 5.74) is 1.70. The Kier molecular flexibility index (Phi) is 8.04. The summed E-state index contributed by atoms with van der Waals surface area (Å²) in [6.45, 7) is 0.313. The molecule has 0 radical (unpaired) electrons. The van der Waals surface area contributed by atoms with Gasteiger partial charge in [0.1, 0.15) is 5.75 Å². The van der Waals surface area contributed by atoms with E-state index in [0.29, 0.717) is 17.4 Å². The summed E-state index contributed by atoms with van der Waals surface area (Å²) < 4.78 is 31.6. The molecule has 0 aliphatic rings. The Hall–Kier alpha value is -2.95. The second kappa shape index (κ2) is 11.2. The van der Waals surface area contributed by atoms with Crippen LogP contribution in [-0.2, 0) is 21.2 Å². The first kappa shape index (κ1) is 25.2. The molecule has 2 heterocycles. The van der Waals surface area contributed by atoms with Crippen molar-refractivity contribution in [3.05, 3.63) is 72.6 Å². The molecule has 1 amide bonds. The summed E-state index contributed by atoms with van der Waals surface area (Å²) in [6, 6.07) is 16.0. The summed E-state index contributed by atoms with van der Waals surface area (Å²) in [4.78, 5) is 25.1. The van der Waals surface area contributed by atoms with Crippen LogP contribution in [0.1, 0.15) is 18.4 Å². The van der Waals surface area contributed by atoms with Crippen molar-refractivity contribution in [3.8, 4) is 5.75 Å². The molecule has 4 rings (SSSR count). The molecule has 0 bridgehead atoms.